The molecule has 0 aliphatic heterocycles. The number of hydrogen-bond donors (Lipinski definition) is 0. The zero-order valence-corrected chi connectivity index (χ0v) is 14.3. The monoisotopic (exact) mass is 305 g/mol. The molecule has 1 aliphatic carbocycles. The van der Waals surface area contributed by atoms with E-state index < -0.39 is 0 Å². The van der Waals surface area contributed by atoms with E-state index in [4.69, 9.17) is 0 Å². The topological polar surface area (TPSA) is 20.3 Å². The van der Waals surface area contributed by atoms with Gasteiger partial charge in [-0.3, -0.25) is 4.79 Å². The second-order valence-corrected chi connectivity index (χ2v) is 7.30. The molecule has 0 N–H and O–H groups in total. The molecule has 0 atom stereocenters. The molecule has 0 bridgehead atoms. The number of benzene rings is 1. The van der Waals surface area contributed by atoms with Crippen LogP contribution in [0.2, 0.25) is 0 Å². The summed E-state index contributed by atoms with van der Waals surface area (Å²) in [6, 6.07) is 9.39. The highest BCUT2D eigenvalue weighted by Crippen LogP contribution is 2.26. The lowest BCUT2D eigenvalue weighted by Gasteiger charge is -2.32. The highest BCUT2D eigenvalue weighted by Gasteiger charge is 2.28. The van der Waals surface area contributed by atoms with Gasteiger partial charge in [0.2, 0.25) is 5.91 Å². The van der Waals surface area contributed by atoms with E-state index in [2.05, 4.69) is 49.9 Å². The Balaban J connectivity index is 1.83. The third-order valence-corrected chi connectivity index (χ3v) is 5.17. The van der Waals surface area contributed by atoms with Crippen LogP contribution in [0.5, 0.6) is 0 Å². The summed E-state index contributed by atoms with van der Waals surface area (Å²) in [6.07, 6.45) is 4.93. The van der Waals surface area contributed by atoms with Crippen molar-refractivity contribution in [3.63, 3.8) is 0 Å². The predicted octanol–water partition coefficient (Wildman–Crippen LogP) is 4.41. The fourth-order valence-electron chi connectivity index (χ4n) is 3.11. The summed E-state index contributed by atoms with van der Waals surface area (Å²) >= 11 is 1.73. The van der Waals surface area contributed by atoms with Crippen molar-refractivity contribution >= 4 is 17.7 Å². The molecular formula is C18H27NOS. The quantitative estimate of drug-likeness (QED) is 0.776. The highest BCUT2D eigenvalue weighted by molar-refractivity contribution is 7.99. The van der Waals surface area contributed by atoms with E-state index in [0.29, 0.717) is 23.7 Å². The van der Waals surface area contributed by atoms with Crippen molar-refractivity contribution in [3.05, 3.63) is 35.4 Å². The van der Waals surface area contributed by atoms with Gasteiger partial charge in [0.15, 0.2) is 0 Å². The third kappa shape index (κ3) is 4.77. The maximum Gasteiger partial charge on any atom is 0.233 e. The lowest BCUT2D eigenvalue weighted by atomic mass is 10.1. The first-order valence-corrected chi connectivity index (χ1v) is 9.18. The van der Waals surface area contributed by atoms with Crippen molar-refractivity contribution < 1.29 is 4.79 Å². The minimum absolute atomic E-state index is 0.314. The molecule has 2 nitrogen and oxygen atoms in total. The molecule has 1 aliphatic rings. The summed E-state index contributed by atoms with van der Waals surface area (Å²) in [4.78, 5) is 14.7. The van der Waals surface area contributed by atoms with Crippen LogP contribution >= 0.6 is 11.8 Å². The first kappa shape index (κ1) is 16.4. The number of rotatable bonds is 6. The molecule has 1 amide bonds. The second-order valence-electron chi connectivity index (χ2n) is 6.31. The fourth-order valence-corrected chi connectivity index (χ4v) is 3.96. The summed E-state index contributed by atoms with van der Waals surface area (Å²) in [5.74, 6) is 1.83. The van der Waals surface area contributed by atoms with Crippen LogP contribution in [-0.2, 0) is 10.5 Å². The molecule has 1 saturated carbocycles. The van der Waals surface area contributed by atoms with E-state index in [0.717, 1.165) is 5.75 Å². The van der Waals surface area contributed by atoms with Gasteiger partial charge in [0, 0.05) is 17.8 Å². The molecule has 0 saturated heterocycles. The van der Waals surface area contributed by atoms with Gasteiger partial charge >= 0.3 is 0 Å². The smallest absolute Gasteiger partial charge is 0.233 e. The van der Waals surface area contributed by atoms with Gasteiger partial charge in [-0.15, -0.1) is 11.8 Å². The Morgan fingerprint density at radius 2 is 1.86 bits per heavy atom. The van der Waals surface area contributed by atoms with Crippen molar-refractivity contribution in [2.75, 3.05) is 5.75 Å². The number of carbonyl (C=O) groups excluding carboxylic acids is 1. The first-order valence-electron chi connectivity index (χ1n) is 8.02. The Bertz CT molecular complexity index is 449. The van der Waals surface area contributed by atoms with Crippen LogP contribution in [0.15, 0.2) is 24.3 Å². The number of nitrogens with zero attached hydrogens (tertiary/aromatic N) is 1. The Morgan fingerprint density at radius 1 is 1.24 bits per heavy atom. The minimum Gasteiger partial charge on any atom is -0.337 e. The maximum atomic E-state index is 12.5. The van der Waals surface area contributed by atoms with Crippen LogP contribution in [0, 0.1) is 6.92 Å². The number of amides is 1. The summed E-state index contributed by atoms with van der Waals surface area (Å²) in [5, 5.41) is 0. The zero-order chi connectivity index (χ0) is 15.2. The number of aryl methyl sites for hydroxylation is 1. The standard InChI is InChI=1S/C18H27NOS/c1-14(2)19(17-6-4-5-7-17)18(20)13-21-12-16-10-8-15(3)9-11-16/h8-11,14,17H,4-7,12-13H2,1-3H3. The van der Waals surface area contributed by atoms with E-state index in [1.807, 2.05) is 0 Å². The molecule has 1 fully saturated rings. The fraction of sp³-hybridized carbons (Fsp3) is 0.611. The van der Waals surface area contributed by atoms with Crippen molar-refractivity contribution in [1.82, 2.24) is 4.90 Å². The molecule has 3 heteroatoms. The Labute approximate surface area is 133 Å². The lowest BCUT2D eigenvalue weighted by Crippen LogP contribution is -2.44. The van der Waals surface area contributed by atoms with Gasteiger partial charge in [-0.05, 0) is 39.2 Å². The van der Waals surface area contributed by atoms with Gasteiger partial charge in [-0.2, -0.15) is 0 Å². The zero-order valence-electron chi connectivity index (χ0n) is 13.5. The molecule has 1 aromatic carbocycles. The Kier molecular flexibility index (Phi) is 6.16. The van der Waals surface area contributed by atoms with Crippen molar-refractivity contribution in [2.24, 2.45) is 0 Å². The van der Waals surface area contributed by atoms with E-state index >= 15 is 0 Å². The van der Waals surface area contributed by atoms with Gasteiger partial charge in [-0.1, -0.05) is 42.7 Å². The SMILES string of the molecule is Cc1ccc(CSCC(=O)N(C(C)C)C2CCCC2)cc1. The van der Waals surface area contributed by atoms with Crippen LogP contribution in [0.1, 0.15) is 50.7 Å². The Morgan fingerprint density at radius 3 is 2.43 bits per heavy atom. The number of carbonyl (C=O) groups is 1. The van der Waals surface area contributed by atoms with Crippen LogP contribution in [-0.4, -0.2) is 28.6 Å². The summed E-state index contributed by atoms with van der Waals surface area (Å²) < 4.78 is 0. The predicted molar refractivity (Wildman–Crippen MR) is 91.6 cm³/mol. The second kappa shape index (κ2) is 7.88. The third-order valence-electron chi connectivity index (χ3n) is 4.18. The average molecular weight is 305 g/mol. The van der Waals surface area contributed by atoms with Crippen LogP contribution < -0.4 is 0 Å². The van der Waals surface area contributed by atoms with Gasteiger partial charge in [-0.25, -0.2) is 0 Å². The Hall–Kier alpha value is -0.960. The number of thioether (sulfide) groups is 1. The lowest BCUT2D eigenvalue weighted by molar-refractivity contribution is -0.132. The van der Waals surface area contributed by atoms with E-state index in [1.165, 1.54) is 36.8 Å². The molecule has 0 radical (unpaired) electrons. The maximum absolute atomic E-state index is 12.5. The average Bonchev–Trinajstić information content (AvgIpc) is 2.94. The molecular weight excluding hydrogens is 278 g/mol. The van der Waals surface area contributed by atoms with Crippen LogP contribution in [0.3, 0.4) is 0 Å². The normalized spacial score (nSPS) is 15.6. The van der Waals surface area contributed by atoms with Crippen molar-refractivity contribution in [1.29, 1.82) is 0 Å². The van der Waals surface area contributed by atoms with Crippen LogP contribution in [0.4, 0.5) is 0 Å². The van der Waals surface area contributed by atoms with E-state index in [-0.39, 0.29) is 0 Å². The number of hydrogen-bond acceptors (Lipinski definition) is 2. The van der Waals surface area contributed by atoms with E-state index in [1.54, 1.807) is 11.8 Å². The minimum atomic E-state index is 0.314. The molecule has 0 aromatic heterocycles. The van der Waals surface area contributed by atoms with Gasteiger partial charge < -0.3 is 4.90 Å². The summed E-state index contributed by atoms with van der Waals surface area (Å²) in [7, 11) is 0. The van der Waals surface area contributed by atoms with Gasteiger partial charge in [0.1, 0.15) is 0 Å². The molecule has 1 aromatic rings. The van der Waals surface area contributed by atoms with E-state index in [9.17, 15) is 4.79 Å². The van der Waals surface area contributed by atoms with Gasteiger partial charge in [0.05, 0.1) is 5.75 Å². The molecule has 0 heterocycles. The molecule has 0 unspecified atom stereocenters. The highest BCUT2D eigenvalue weighted by atomic mass is 32.2. The molecule has 2 rings (SSSR count). The summed E-state index contributed by atoms with van der Waals surface area (Å²) in [6.45, 7) is 6.38. The van der Waals surface area contributed by atoms with Crippen LogP contribution in [0.25, 0.3) is 0 Å². The van der Waals surface area contributed by atoms with Gasteiger partial charge in [0.25, 0.3) is 0 Å². The van der Waals surface area contributed by atoms with Crippen molar-refractivity contribution in [2.45, 2.75) is 64.3 Å². The molecule has 116 valence electrons. The van der Waals surface area contributed by atoms with Crippen molar-refractivity contribution in [3.8, 4) is 0 Å². The molecule has 21 heavy (non-hydrogen) atoms. The largest absolute Gasteiger partial charge is 0.337 e. The summed E-state index contributed by atoms with van der Waals surface area (Å²) in [5.41, 5.74) is 2.59. The first-order chi connectivity index (χ1) is 10.1. The molecule has 0 spiro atoms.